The third-order valence-electron chi connectivity index (χ3n) is 2.72. The minimum absolute atomic E-state index is 0.108. The second-order valence-electron chi connectivity index (χ2n) is 5.28. The molecule has 0 aliphatic heterocycles. The fourth-order valence-corrected chi connectivity index (χ4v) is 1.99. The maximum absolute atomic E-state index is 13.3. The number of benzene rings is 1. The quantitative estimate of drug-likeness (QED) is 0.578. The number of aromatic carboxylic acids is 1. The van der Waals surface area contributed by atoms with Crippen molar-refractivity contribution in [3.63, 3.8) is 0 Å². The van der Waals surface area contributed by atoms with Gasteiger partial charge in [-0.05, 0) is 33.2 Å². The van der Waals surface area contributed by atoms with Gasteiger partial charge in [-0.15, -0.1) is 0 Å². The number of carbonyl (C=O) groups is 1. The number of nitrogens with one attached hydrogen (secondary N) is 1. The van der Waals surface area contributed by atoms with E-state index in [1.807, 2.05) is 14.1 Å². The highest BCUT2D eigenvalue weighted by atomic mass is 19.1. The summed E-state index contributed by atoms with van der Waals surface area (Å²) < 4.78 is 13.3. The highest BCUT2D eigenvalue weighted by Crippen LogP contribution is 2.25. The Morgan fingerprint density at radius 2 is 2.10 bits per heavy atom. The van der Waals surface area contributed by atoms with Gasteiger partial charge in [0.1, 0.15) is 11.4 Å². The summed E-state index contributed by atoms with van der Waals surface area (Å²) in [6.45, 7) is 2.11. The number of likely N-dealkylation sites (N-methyl/N-ethyl adjacent to an activating group) is 1. The Hall–Kier alpha value is -1.86. The molecule has 112 valence electrons. The summed E-state index contributed by atoms with van der Waals surface area (Å²) in [6.07, 6.45) is 0. The van der Waals surface area contributed by atoms with Gasteiger partial charge in [-0.1, -0.05) is 0 Å². The molecule has 1 atom stereocenters. The zero-order valence-electron chi connectivity index (χ0n) is 11.8. The number of nitrogens with two attached hydrogens (primary N) is 1. The van der Waals surface area contributed by atoms with Gasteiger partial charge >= 0.3 is 5.97 Å². The molecule has 0 spiro atoms. The van der Waals surface area contributed by atoms with Gasteiger partial charge in [0.25, 0.3) is 0 Å². The number of aliphatic hydroxyl groups is 1. The Balaban J connectivity index is 2.94. The molecule has 6 nitrogen and oxygen atoms in total. The van der Waals surface area contributed by atoms with E-state index in [2.05, 4.69) is 5.32 Å². The lowest BCUT2D eigenvalue weighted by Gasteiger charge is -2.28. The molecule has 5 N–H and O–H groups in total. The first-order valence-corrected chi connectivity index (χ1v) is 6.06. The lowest BCUT2D eigenvalue weighted by Crippen LogP contribution is -2.43. The first-order valence-electron chi connectivity index (χ1n) is 6.06. The van der Waals surface area contributed by atoms with Crippen molar-refractivity contribution < 1.29 is 19.4 Å². The lowest BCUT2D eigenvalue weighted by atomic mass is 10.1. The van der Waals surface area contributed by atoms with Crippen molar-refractivity contribution >= 4 is 17.3 Å². The van der Waals surface area contributed by atoms with E-state index in [1.54, 1.807) is 11.8 Å². The summed E-state index contributed by atoms with van der Waals surface area (Å²) in [5.41, 5.74) is 3.80. The van der Waals surface area contributed by atoms with Gasteiger partial charge in [0.2, 0.25) is 0 Å². The van der Waals surface area contributed by atoms with Gasteiger partial charge in [0.05, 0.1) is 17.0 Å². The monoisotopic (exact) mass is 285 g/mol. The Bertz CT molecular complexity index is 504. The molecule has 1 aromatic carbocycles. The van der Waals surface area contributed by atoms with Crippen LogP contribution in [0.3, 0.4) is 0 Å². The number of nitrogen functional groups attached to an aromatic ring is 1. The Morgan fingerprint density at radius 1 is 1.50 bits per heavy atom. The molecule has 7 heteroatoms. The highest BCUT2D eigenvalue weighted by molar-refractivity contribution is 6.00. The van der Waals surface area contributed by atoms with Crippen LogP contribution in [0.1, 0.15) is 17.3 Å². The van der Waals surface area contributed by atoms with Crippen molar-refractivity contribution in [3.05, 3.63) is 23.5 Å². The standard InChI is InChI=1S/C13H20FN3O3/c1-13(20,7-17(2)3)6-16-9-5-4-8(14)11(15)10(9)12(18)19/h4-5,16,20H,6-7,15H2,1-3H3,(H,18,19). The molecule has 1 unspecified atom stereocenters. The molecule has 0 saturated heterocycles. The van der Waals surface area contributed by atoms with E-state index in [1.165, 1.54) is 6.07 Å². The van der Waals surface area contributed by atoms with Crippen LogP contribution in [0.5, 0.6) is 0 Å². The van der Waals surface area contributed by atoms with Crippen molar-refractivity contribution in [3.8, 4) is 0 Å². The van der Waals surface area contributed by atoms with Gasteiger partial charge in [-0.3, -0.25) is 0 Å². The van der Waals surface area contributed by atoms with Crippen molar-refractivity contribution in [2.75, 3.05) is 38.2 Å². The molecule has 0 fully saturated rings. The Kier molecular flexibility index (Phi) is 4.91. The third-order valence-corrected chi connectivity index (χ3v) is 2.72. The molecule has 0 aliphatic carbocycles. The Morgan fingerprint density at radius 3 is 2.60 bits per heavy atom. The topological polar surface area (TPSA) is 98.8 Å². The van der Waals surface area contributed by atoms with Crippen LogP contribution in [0.2, 0.25) is 0 Å². The van der Waals surface area contributed by atoms with Crippen LogP contribution < -0.4 is 11.1 Å². The van der Waals surface area contributed by atoms with Crippen LogP contribution in [-0.2, 0) is 0 Å². The molecule has 20 heavy (non-hydrogen) atoms. The normalized spacial score (nSPS) is 14.1. The maximum Gasteiger partial charge on any atom is 0.340 e. The van der Waals surface area contributed by atoms with Crippen LogP contribution >= 0.6 is 0 Å². The predicted molar refractivity (Wildman–Crippen MR) is 75.4 cm³/mol. The van der Waals surface area contributed by atoms with Gasteiger partial charge in [-0.2, -0.15) is 0 Å². The maximum atomic E-state index is 13.3. The predicted octanol–water partition coefficient (Wildman–Crippen LogP) is 0.831. The second kappa shape index (κ2) is 6.06. The van der Waals surface area contributed by atoms with Crippen molar-refractivity contribution in [1.29, 1.82) is 0 Å². The molecule has 0 aliphatic rings. The van der Waals surface area contributed by atoms with Crippen molar-refractivity contribution in [2.45, 2.75) is 12.5 Å². The van der Waals surface area contributed by atoms with E-state index in [0.717, 1.165) is 6.07 Å². The molecule has 0 heterocycles. The fourth-order valence-electron chi connectivity index (χ4n) is 1.99. The van der Waals surface area contributed by atoms with E-state index < -0.39 is 23.1 Å². The average Bonchev–Trinajstić information content (AvgIpc) is 2.28. The number of carboxylic acids is 1. The number of hydrogen-bond acceptors (Lipinski definition) is 5. The minimum atomic E-state index is -1.32. The number of rotatable bonds is 6. The molecular weight excluding hydrogens is 265 g/mol. The van der Waals surface area contributed by atoms with Gasteiger partial charge in [-0.25, -0.2) is 9.18 Å². The molecule has 1 aromatic rings. The molecule has 0 radical (unpaired) electrons. The number of nitrogens with zero attached hydrogens (tertiary/aromatic N) is 1. The largest absolute Gasteiger partial charge is 0.478 e. The molecule has 0 aromatic heterocycles. The smallest absolute Gasteiger partial charge is 0.340 e. The molecule has 0 amide bonds. The third kappa shape index (κ3) is 4.07. The average molecular weight is 285 g/mol. The van der Waals surface area contributed by atoms with Gasteiger partial charge in [0, 0.05) is 13.1 Å². The number of hydrogen-bond donors (Lipinski definition) is 4. The van der Waals surface area contributed by atoms with Crippen molar-refractivity contribution in [2.24, 2.45) is 0 Å². The summed E-state index contributed by atoms with van der Waals surface area (Å²) in [6, 6.07) is 2.38. The van der Waals surface area contributed by atoms with E-state index in [4.69, 9.17) is 10.8 Å². The van der Waals surface area contributed by atoms with E-state index in [9.17, 15) is 14.3 Å². The molecular formula is C13H20FN3O3. The SMILES string of the molecule is CN(C)CC(C)(O)CNc1ccc(F)c(N)c1C(=O)O. The van der Waals surface area contributed by atoms with Gasteiger partial charge in [0.15, 0.2) is 0 Å². The zero-order chi connectivity index (χ0) is 15.5. The van der Waals surface area contributed by atoms with Crippen molar-refractivity contribution in [1.82, 2.24) is 4.90 Å². The first kappa shape index (κ1) is 16.2. The summed E-state index contributed by atoms with van der Waals surface area (Å²) >= 11 is 0. The fraction of sp³-hybridized carbons (Fsp3) is 0.462. The lowest BCUT2D eigenvalue weighted by molar-refractivity contribution is 0.0458. The van der Waals surface area contributed by atoms with Gasteiger partial charge < -0.3 is 26.2 Å². The van der Waals surface area contributed by atoms with Crippen LogP contribution in [0.15, 0.2) is 12.1 Å². The van der Waals surface area contributed by atoms with Crippen LogP contribution in [0.25, 0.3) is 0 Å². The second-order valence-corrected chi connectivity index (χ2v) is 5.28. The minimum Gasteiger partial charge on any atom is -0.478 e. The number of anilines is 2. The van der Waals surface area contributed by atoms with Crippen LogP contribution in [0, 0.1) is 5.82 Å². The molecule has 0 saturated carbocycles. The summed E-state index contributed by atoms with van der Waals surface area (Å²) in [4.78, 5) is 12.9. The summed E-state index contributed by atoms with van der Waals surface area (Å²) in [5, 5.41) is 22.0. The number of carboxylic acid groups (broad SMARTS) is 1. The highest BCUT2D eigenvalue weighted by Gasteiger charge is 2.23. The first-order chi connectivity index (χ1) is 9.14. The molecule has 1 rings (SSSR count). The summed E-state index contributed by atoms with van der Waals surface area (Å²) in [7, 11) is 3.63. The summed E-state index contributed by atoms with van der Waals surface area (Å²) in [5.74, 6) is -2.11. The molecule has 0 bridgehead atoms. The number of halogens is 1. The van der Waals surface area contributed by atoms with Crippen LogP contribution in [-0.4, -0.2) is 53.9 Å². The van der Waals surface area contributed by atoms with E-state index in [-0.39, 0.29) is 17.8 Å². The van der Waals surface area contributed by atoms with Crippen LogP contribution in [0.4, 0.5) is 15.8 Å². The zero-order valence-corrected chi connectivity index (χ0v) is 11.8. The van der Waals surface area contributed by atoms with E-state index in [0.29, 0.717) is 6.54 Å². The Labute approximate surface area is 117 Å². The van der Waals surface area contributed by atoms with E-state index >= 15 is 0 Å².